The molecule has 1 amide bonds. The molecular weight excluding hydrogens is 252 g/mol. The highest BCUT2D eigenvalue weighted by Gasteiger charge is 2.14. The zero-order valence-corrected chi connectivity index (χ0v) is 11.3. The number of hydrogen-bond donors (Lipinski definition) is 2. The first-order chi connectivity index (χ1) is 8.42. The van der Waals surface area contributed by atoms with Crippen molar-refractivity contribution in [3.63, 3.8) is 0 Å². The molecule has 0 saturated carbocycles. The zero-order valence-electron chi connectivity index (χ0n) is 10.5. The van der Waals surface area contributed by atoms with Gasteiger partial charge in [0.25, 0.3) is 0 Å². The fourth-order valence-electron chi connectivity index (χ4n) is 1.22. The number of rotatable bonds is 6. The molecule has 0 atom stereocenters. The lowest BCUT2D eigenvalue weighted by atomic mass is 10.2. The first kappa shape index (κ1) is 14.7. The van der Waals surface area contributed by atoms with Crippen molar-refractivity contribution in [1.82, 2.24) is 10.0 Å². The smallest absolute Gasteiger partial charge is 0.241 e. The normalized spacial score (nSPS) is 11.5. The SMILES string of the molecule is CC(C)CNC(=O)CNS(=O)(=O)c1ccccc1. The van der Waals surface area contributed by atoms with Crippen LogP contribution in [0.1, 0.15) is 13.8 Å². The van der Waals surface area contributed by atoms with E-state index in [1.165, 1.54) is 12.1 Å². The lowest BCUT2D eigenvalue weighted by molar-refractivity contribution is -0.120. The monoisotopic (exact) mass is 270 g/mol. The summed E-state index contributed by atoms with van der Waals surface area (Å²) < 4.78 is 25.8. The molecule has 0 heterocycles. The predicted molar refractivity (Wildman–Crippen MR) is 69.5 cm³/mol. The van der Waals surface area contributed by atoms with E-state index in [9.17, 15) is 13.2 Å². The topological polar surface area (TPSA) is 75.3 Å². The van der Waals surface area contributed by atoms with E-state index in [1.807, 2.05) is 13.8 Å². The van der Waals surface area contributed by atoms with Crippen molar-refractivity contribution < 1.29 is 13.2 Å². The predicted octanol–water partition coefficient (Wildman–Crippen LogP) is 0.737. The molecule has 1 rings (SSSR count). The Morgan fingerprint density at radius 2 is 1.83 bits per heavy atom. The molecule has 18 heavy (non-hydrogen) atoms. The molecule has 6 heteroatoms. The Labute approximate surface area is 108 Å². The average molecular weight is 270 g/mol. The second-order valence-electron chi connectivity index (χ2n) is 4.34. The highest BCUT2D eigenvalue weighted by atomic mass is 32.2. The van der Waals surface area contributed by atoms with Crippen LogP contribution in [0.4, 0.5) is 0 Å². The van der Waals surface area contributed by atoms with Crippen molar-refractivity contribution in [2.75, 3.05) is 13.1 Å². The largest absolute Gasteiger partial charge is 0.355 e. The van der Waals surface area contributed by atoms with Gasteiger partial charge in [-0.15, -0.1) is 0 Å². The Kier molecular flexibility index (Phi) is 5.30. The molecule has 0 fully saturated rings. The maximum Gasteiger partial charge on any atom is 0.241 e. The zero-order chi connectivity index (χ0) is 13.6. The second-order valence-corrected chi connectivity index (χ2v) is 6.10. The van der Waals surface area contributed by atoms with Gasteiger partial charge in [0, 0.05) is 6.54 Å². The third kappa shape index (κ3) is 4.85. The van der Waals surface area contributed by atoms with Gasteiger partial charge in [0.1, 0.15) is 0 Å². The van der Waals surface area contributed by atoms with Crippen LogP contribution in [-0.2, 0) is 14.8 Å². The van der Waals surface area contributed by atoms with Gasteiger partial charge in [-0.3, -0.25) is 4.79 Å². The van der Waals surface area contributed by atoms with Gasteiger partial charge in [-0.25, -0.2) is 13.1 Å². The van der Waals surface area contributed by atoms with Gasteiger partial charge >= 0.3 is 0 Å². The minimum absolute atomic E-state index is 0.154. The molecule has 0 saturated heterocycles. The fraction of sp³-hybridized carbons (Fsp3) is 0.417. The van der Waals surface area contributed by atoms with E-state index in [4.69, 9.17) is 0 Å². The van der Waals surface area contributed by atoms with Gasteiger partial charge in [0.05, 0.1) is 11.4 Å². The molecule has 2 N–H and O–H groups in total. The van der Waals surface area contributed by atoms with Gasteiger partial charge in [0.2, 0.25) is 15.9 Å². The van der Waals surface area contributed by atoms with E-state index in [1.54, 1.807) is 18.2 Å². The van der Waals surface area contributed by atoms with Crippen LogP contribution < -0.4 is 10.0 Å². The number of nitrogens with one attached hydrogen (secondary N) is 2. The van der Waals surface area contributed by atoms with Crippen LogP contribution in [0.25, 0.3) is 0 Å². The number of carbonyl (C=O) groups excluding carboxylic acids is 1. The maximum atomic E-state index is 11.8. The van der Waals surface area contributed by atoms with Gasteiger partial charge in [-0.1, -0.05) is 32.0 Å². The molecule has 100 valence electrons. The van der Waals surface area contributed by atoms with Crippen LogP contribution in [0.3, 0.4) is 0 Å². The van der Waals surface area contributed by atoms with E-state index in [0.29, 0.717) is 12.5 Å². The molecule has 0 aliphatic carbocycles. The van der Waals surface area contributed by atoms with Gasteiger partial charge in [-0.05, 0) is 18.1 Å². The van der Waals surface area contributed by atoms with Crippen LogP contribution in [0.2, 0.25) is 0 Å². The van der Waals surface area contributed by atoms with Crippen LogP contribution >= 0.6 is 0 Å². The molecule has 0 aliphatic rings. The first-order valence-electron chi connectivity index (χ1n) is 5.73. The maximum absolute atomic E-state index is 11.8. The van der Waals surface area contributed by atoms with E-state index in [0.717, 1.165) is 0 Å². The molecule has 0 bridgehead atoms. The van der Waals surface area contributed by atoms with Gasteiger partial charge in [-0.2, -0.15) is 0 Å². The van der Waals surface area contributed by atoms with Crippen molar-refractivity contribution in [3.05, 3.63) is 30.3 Å². The van der Waals surface area contributed by atoms with E-state index in [-0.39, 0.29) is 17.3 Å². The van der Waals surface area contributed by atoms with Crippen molar-refractivity contribution in [3.8, 4) is 0 Å². The molecular formula is C12H18N2O3S. The lowest BCUT2D eigenvalue weighted by Crippen LogP contribution is -2.38. The molecule has 0 aliphatic heterocycles. The van der Waals surface area contributed by atoms with Crippen molar-refractivity contribution in [1.29, 1.82) is 0 Å². The van der Waals surface area contributed by atoms with Gasteiger partial charge in [0.15, 0.2) is 0 Å². The highest BCUT2D eigenvalue weighted by Crippen LogP contribution is 2.06. The molecule has 0 radical (unpaired) electrons. The Balaban J connectivity index is 2.51. The molecule has 1 aromatic carbocycles. The summed E-state index contributed by atoms with van der Waals surface area (Å²) in [5.74, 6) is 0.00267. The highest BCUT2D eigenvalue weighted by molar-refractivity contribution is 7.89. The standard InChI is InChI=1S/C12H18N2O3S/c1-10(2)8-13-12(15)9-14-18(16,17)11-6-4-3-5-7-11/h3-7,10,14H,8-9H2,1-2H3,(H,13,15). The Morgan fingerprint density at radius 1 is 1.22 bits per heavy atom. The lowest BCUT2D eigenvalue weighted by Gasteiger charge is -2.09. The van der Waals surface area contributed by atoms with Crippen LogP contribution in [0.15, 0.2) is 35.2 Å². The Bertz CT molecular complexity index is 483. The summed E-state index contributed by atoms with van der Waals surface area (Å²) in [5.41, 5.74) is 0. The van der Waals surface area contributed by atoms with Crippen molar-refractivity contribution in [2.45, 2.75) is 18.7 Å². The van der Waals surface area contributed by atoms with E-state index in [2.05, 4.69) is 10.0 Å². The molecule has 1 aromatic rings. The minimum Gasteiger partial charge on any atom is -0.355 e. The average Bonchev–Trinajstić information content (AvgIpc) is 2.35. The summed E-state index contributed by atoms with van der Waals surface area (Å²) in [6.45, 7) is 4.22. The number of sulfonamides is 1. The molecule has 0 unspecified atom stereocenters. The fourth-order valence-corrected chi connectivity index (χ4v) is 2.23. The van der Waals surface area contributed by atoms with Gasteiger partial charge < -0.3 is 5.32 Å². The van der Waals surface area contributed by atoms with Crippen molar-refractivity contribution >= 4 is 15.9 Å². The number of hydrogen-bond acceptors (Lipinski definition) is 3. The number of carbonyl (C=O) groups is 1. The van der Waals surface area contributed by atoms with Crippen LogP contribution in [0, 0.1) is 5.92 Å². The van der Waals surface area contributed by atoms with E-state index < -0.39 is 10.0 Å². The Hall–Kier alpha value is -1.40. The molecule has 0 spiro atoms. The van der Waals surface area contributed by atoms with E-state index >= 15 is 0 Å². The van der Waals surface area contributed by atoms with Crippen LogP contribution in [-0.4, -0.2) is 27.4 Å². The number of benzene rings is 1. The number of amides is 1. The third-order valence-electron chi connectivity index (χ3n) is 2.18. The first-order valence-corrected chi connectivity index (χ1v) is 7.21. The second kappa shape index (κ2) is 6.51. The third-order valence-corrected chi connectivity index (χ3v) is 3.60. The summed E-state index contributed by atoms with van der Waals surface area (Å²) >= 11 is 0. The Morgan fingerprint density at radius 3 is 2.39 bits per heavy atom. The summed E-state index contributed by atoms with van der Waals surface area (Å²) in [7, 11) is -3.60. The summed E-state index contributed by atoms with van der Waals surface area (Å²) in [6, 6.07) is 7.96. The summed E-state index contributed by atoms with van der Waals surface area (Å²) in [4.78, 5) is 11.5. The molecule has 5 nitrogen and oxygen atoms in total. The van der Waals surface area contributed by atoms with Crippen LogP contribution in [0.5, 0.6) is 0 Å². The minimum atomic E-state index is -3.60. The summed E-state index contributed by atoms with van der Waals surface area (Å²) in [5, 5.41) is 2.64. The summed E-state index contributed by atoms with van der Waals surface area (Å²) in [6.07, 6.45) is 0. The van der Waals surface area contributed by atoms with Crippen molar-refractivity contribution in [2.24, 2.45) is 5.92 Å². The molecule has 0 aromatic heterocycles. The quantitative estimate of drug-likeness (QED) is 0.800.